The Labute approximate surface area is 208 Å². The molecule has 0 saturated carbocycles. The van der Waals surface area contributed by atoms with Crippen molar-refractivity contribution in [3.05, 3.63) is 58.8 Å². The van der Waals surface area contributed by atoms with Gasteiger partial charge in [-0.25, -0.2) is 4.98 Å². The molecule has 1 amide bonds. The predicted octanol–water partition coefficient (Wildman–Crippen LogP) is 3.36. The van der Waals surface area contributed by atoms with Crippen LogP contribution in [0.15, 0.2) is 36.5 Å². The zero-order valence-corrected chi connectivity index (χ0v) is 20.7. The van der Waals surface area contributed by atoms with Crippen molar-refractivity contribution >= 4 is 11.7 Å². The fourth-order valence-electron chi connectivity index (χ4n) is 6.14. The number of carbonyl (C=O) groups is 1. The van der Waals surface area contributed by atoms with Gasteiger partial charge in [-0.15, -0.1) is 0 Å². The largest absolute Gasteiger partial charge is 0.384 e. The van der Waals surface area contributed by atoms with E-state index in [-0.39, 0.29) is 12.0 Å². The molecule has 3 aliphatic rings. The van der Waals surface area contributed by atoms with Gasteiger partial charge in [0, 0.05) is 50.4 Å². The number of nitriles is 1. The van der Waals surface area contributed by atoms with Crippen molar-refractivity contribution < 1.29 is 4.79 Å². The molecule has 0 radical (unpaired) electrons. The average Bonchev–Trinajstić information content (AvgIpc) is 2.91. The minimum absolute atomic E-state index is 0.142. The highest BCUT2D eigenvalue weighted by atomic mass is 16.2. The predicted molar refractivity (Wildman–Crippen MR) is 136 cm³/mol. The Bertz CT molecular complexity index is 1090. The molecule has 1 aromatic carbocycles. The number of rotatable bonds is 4. The van der Waals surface area contributed by atoms with Gasteiger partial charge in [0.15, 0.2) is 0 Å². The Morgan fingerprint density at radius 1 is 1.06 bits per heavy atom. The number of piperidine rings is 2. The van der Waals surface area contributed by atoms with Crippen LogP contribution in [-0.4, -0.2) is 64.4 Å². The maximum atomic E-state index is 13.3. The molecule has 1 aromatic heterocycles. The number of nitrogens with zero attached hydrogens (tertiary/aromatic N) is 5. The molecular weight excluding hydrogens is 436 g/mol. The second-order valence-electron chi connectivity index (χ2n) is 10.4. The van der Waals surface area contributed by atoms with Crippen LogP contribution in [-0.2, 0) is 17.8 Å². The van der Waals surface area contributed by atoms with E-state index in [4.69, 9.17) is 5.73 Å². The van der Waals surface area contributed by atoms with E-state index in [0.29, 0.717) is 17.8 Å². The van der Waals surface area contributed by atoms with Crippen molar-refractivity contribution in [3.8, 4) is 6.07 Å². The van der Waals surface area contributed by atoms with Crippen LogP contribution in [0.3, 0.4) is 0 Å². The van der Waals surface area contributed by atoms with E-state index in [1.807, 2.05) is 18.2 Å². The summed E-state index contributed by atoms with van der Waals surface area (Å²) in [6, 6.07) is 13.2. The fourth-order valence-corrected chi connectivity index (χ4v) is 6.14. The second-order valence-corrected chi connectivity index (χ2v) is 10.4. The number of benzene rings is 1. The monoisotopic (exact) mass is 472 g/mol. The third-order valence-electron chi connectivity index (χ3n) is 8.38. The summed E-state index contributed by atoms with van der Waals surface area (Å²) in [6.45, 7) is 7.79. The minimum Gasteiger partial charge on any atom is -0.384 e. The third kappa shape index (κ3) is 5.19. The first kappa shape index (κ1) is 23.8. The van der Waals surface area contributed by atoms with Crippen LogP contribution < -0.4 is 5.73 Å². The number of nitrogen functional groups attached to an aromatic ring is 1. The first-order chi connectivity index (χ1) is 17.0. The van der Waals surface area contributed by atoms with Crippen LogP contribution in [0.1, 0.15) is 60.9 Å². The highest BCUT2D eigenvalue weighted by molar-refractivity contribution is 5.79. The molecule has 4 heterocycles. The lowest BCUT2D eigenvalue weighted by atomic mass is 9.91. The summed E-state index contributed by atoms with van der Waals surface area (Å²) in [5.74, 6) is 1.05. The molecule has 35 heavy (non-hydrogen) atoms. The SMILES string of the molecule is CC(c1ccnc(N)c1)N1CCC(C(=O)N2CCC(N3CCc4ccc(C#N)cc4C3)CC2)CC1. The van der Waals surface area contributed by atoms with Gasteiger partial charge >= 0.3 is 0 Å². The van der Waals surface area contributed by atoms with Crippen molar-refractivity contribution in [1.82, 2.24) is 19.7 Å². The van der Waals surface area contributed by atoms with Gasteiger partial charge in [0.2, 0.25) is 5.91 Å². The van der Waals surface area contributed by atoms with Crippen LogP contribution in [0.4, 0.5) is 5.82 Å². The number of aromatic nitrogens is 1. The van der Waals surface area contributed by atoms with Gasteiger partial charge in [-0.1, -0.05) is 6.07 Å². The standard InChI is InChI=1S/C28H36N6O/c1-20(24-4-10-31-27(30)17-24)32-11-6-23(7-12-32)28(35)33-14-8-26(9-15-33)34-13-5-22-3-2-21(18-29)16-25(22)19-34/h2-4,10,16-17,20,23,26H,5-9,11-15,19H2,1H3,(H2,30,31). The van der Waals surface area contributed by atoms with Crippen molar-refractivity contribution in [2.75, 3.05) is 38.5 Å². The molecule has 2 fully saturated rings. The van der Waals surface area contributed by atoms with Gasteiger partial charge in [0.1, 0.15) is 5.82 Å². The van der Waals surface area contributed by atoms with Crippen LogP contribution in [0, 0.1) is 17.2 Å². The Balaban J connectivity index is 1.10. The zero-order chi connectivity index (χ0) is 24.4. The summed E-state index contributed by atoms with van der Waals surface area (Å²) in [6.07, 6.45) is 6.74. The first-order valence-electron chi connectivity index (χ1n) is 13.0. The van der Waals surface area contributed by atoms with Crippen LogP contribution in [0.5, 0.6) is 0 Å². The van der Waals surface area contributed by atoms with E-state index in [1.165, 1.54) is 16.7 Å². The van der Waals surface area contributed by atoms with Crippen LogP contribution >= 0.6 is 0 Å². The summed E-state index contributed by atoms with van der Waals surface area (Å²) in [4.78, 5) is 24.5. The third-order valence-corrected chi connectivity index (χ3v) is 8.38. The number of likely N-dealkylation sites (tertiary alicyclic amines) is 2. The molecule has 2 N–H and O–H groups in total. The molecule has 5 rings (SSSR count). The lowest BCUT2D eigenvalue weighted by Gasteiger charge is -2.42. The van der Waals surface area contributed by atoms with E-state index in [1.54, 1.807) is 6.20 Å². The fraction of sp³-hybridized carbons (Fsp3) is 0.536. The highest BCUT2D eigenvalue weighted by Gasteiger charge is 2.34. The second kappa shape index (κ2) is 10.3. The molecule has 7 heteroatoms. The maximum Gasteiger partial charge on any atom is 0.225 e. The molecule has 2 saturated heterocycles. The summed E-state index contributed by atoms with van der Waals surface area (Å²) >= 11 is 0. The average molecular weight is 473 g/mol. The molecule has 0 bridgehead atoms. The summed E-state index contributed by atoms with van der Waals surface area (Å²) in [5.41, 5.74) is 10.5. The van der Waals surface area contributed by atoms with Crippen molar-refractivity contribution in [2.45, 2.75) is 57.7 Å². The van der Waals surface area contributed by atoms with Gasteiger partial charge in [-0.2, -0.15) is 5.26 Å². The molecule has 1 unspecified atom stereocenters. The van der Waals surface area contributed by atoms with Gasteiger partial charge in [0.05, 0.1) is 11.6 Å². The topological polar surface area (TPSA) is 89.5 Å². The number of amides is 1. The Morgan fingerprint density at radius 3 is 2.54 bits per heavy atom. The number of nitrogens with two attached hydrogens (primary N) is 1. The van der Waals surface area contributed by atoms with E-state index in [0.717, 1.165) is 76.9 Å². The van der Waals surface area contributed by atoms with Crippen molar-refractivity contribution in [1.29, 1.82) is 5.26 Å². The van der Waals surface area contributed by atoms with Crippen molar-refractivity contribution in [3.63, 3.8) is 0 Å². The number of carbonyl (C=O) groups excluding carboxylic acids is 1. The van der Waals surface area contributed by atoms with Gasteiger partial charge in [0.25, 0.3) is 0 Å². The van der Waals surface area contributed by atoms with E-state index < -0.39 is 0 Å². The van der Waals surface area contributed by atoms with Crippen molar-refractivity contribution in [2.24, 2.45) is 5.92 Å². The normalized spacial score (nSPS) is 21.3. The molecular formula is C28H36N6O. The Kier molecular flexibility index (Phi) is 7.03. The number of anilines is 1. The summed E-state index contributed by atoms with van der Waals surface area (Å²) in [5, 5.41) is 9.24. The summed E-state index contributed by atoms with van der Waals surface area (Å²) < 4.78 is 0. The molecule has 7 nitrogen and oxygen atoms in total. The number of fused-ring (bicyclic) bond motifs is 1. The molecule has 0 spiro atoms. The lowest BCUT2D eigenvalue weighted by molar-refractivity contribution is -0.139. The highest BCUT2D eigenvalue weighted by Crippen LogP contribution is 2.30. The summed E-state index contributed by atoms with van der Waals surface area (Å²) in [7, 11) is 0. The van der Waals surface area contributed by atoms with Crippen LogP contribution in [0.25, 0.3) is 0 Å². The molecule has 2 aromatic rings. The van der Waals surface area contributed by atoms with Gasteiger partial charge in [-0.3, -0.25) is 14.6 Å². The van der Waals surface area contributed by atoms with E-state index in [9.17, 15) is 10.1 Å². The number of hydrogen-bond donors (Lipinski definition) is 1. The molecule has 0 aliphatic carbocycles. The van der Waals surface area contributed by atoms with Crippen LogP contribution in [0.2, 0.25) is 0 Å². The molecule has 3 aliphatic heterocycles. The first-order valence-corrected chi connectivity index (χ1v) is 13.0. The maximum absolute atomic E-state index is 13.3. The number of hydrogen-bond acceptors (Lipinski definition) is 6. The van der Waals surface area contributed by atoms with Gasteiger partial charge < -0.3 is 10.6 Å². The number of pyridine rings is 1. The molecule has 184 valence electrons. The lowest BCUT2D eigenvalue weighted by Crippen LogP contribution is -2.50. The van der Waals surface area contributed by atoms with Gasteiger partial charge in [-0.05, 0) is 93.1 Å². The minimum atomic E-state index is 0.142. The Hall–Kier alpha value is -2.95. The van der Waals surface area contributed by atoms with E-state index in [2.05, 4.69) is 44.8 Å². The smallest absolute Gasteiger partial charge is 0.225 e. The van der Waals surface area contributed by atoms with E-state index >= 15 is 0 Å². The zero-order valence-electron chi connectivity index (χ0n) is 20.7. The quantitative estimate of drug-likeness (QED) is 0.734. The Morgan fingerprint density at radius 2 is 1.83 bits per heavy atom. The molecule has 1 atom stereocenters.